The second-order valence-corrected chi connectivity index (χ2v) is 9.07. The van der Waals surface area contributed by atoms with Crippen LogP contribution in [0.25, 0.3) is 0 Å². The first-order chi connectivity index (χ1) is 11.8. The number of hydrogen-bond acceptors (Lipinski definition) is 4. The SMILES string of the molecule is CCOC[C@@]1(N)[C@H](S(=O)(=O)c2ccc(C)cc2)[C@@H]1c1cccc(Cl)c1. The van der Waals surface area contributed by atoms with E-state index in [0.29, 0.717) is 16.5 Å². The monoisotopic (exact) mass is 379 g/mol. The molecule has 2 N–H and O–H groups in total. The van der Waals surface area contributed by atoms with Crippen molar-refractivity contribution in [3.63, 3.8) is 0 Å². The van der Waals surface area contributed by atoms with Gasteiger partial charge in [-0.05, 0) is 43.7 Å². The van der Waals surface area contributed by atoms with Crippen LogP contribution in [0, 0.1) is 6.92 Å². The van der Waals surface area contributed by atoms with Crippen LogP contribution >= 0.6 is 11.6 Å². The van der Waals surface area contributed by atoms with E-state index in [1.807, 2.05) is 26.0 Å². The summed E-state index contributed by atoms with van der Waals surface area (Å²) in [5, 5.41) is -0.164. The Bertz CT molecular complexity index is 866. The molecule has 0 spiro atoms. The summed E-state index contributed by atoms with van der Waals surface area (Å²) in [7, 11) is -3.58. The molecule has 1 saturated carbocycles. The van der Waals surface area contributed by atoms with E-state index < -0.39 is 20.6 Å². The minimum atomic E-state index is -3.58. The molecule has 0 unspecified atom stereocenters. The molecule has 0 amide bonds. The van der Waals surface area contributed by atoms with Gasteiger partial charge in [-0.25, -0.2) is 8.42 Å². The molecule has 0 aromatic heterocycles. The van der Waals surface area contributed by atoms with Crippen molar-refractivity contribution in [2.45, 2.75) is 35.4 Å². The molecular weight excluding hydrogens is 358 g/mol. The zero-order valence-electron chi connectivity index (χ0n) is 14.3. The molecule has 0 saturated heterocycles. The summed E-state index contributed by atoms with van der Waals surface area (Å²) in [4.78, 5) is 0.291. The predicted molar refractivity (Wildman–Crippen MR) is 99.8 cm³/mol. The van der Waals surface area contributed by atoms with Crippen molar-refractivity contribution >= 4 is 21.4 Å². The zero-order valence-corrected chi connectivity index (χ0v) is 15.8. The van der Waals surface area contributed by atoms with E-state index in [0.717, 1.165) is 11.1 Å². The lowest BCUT2D eigenvalue weighted by atomic mass is 10.1. The van der Waals surface area contributed by atoms with Crippen LogP contribution in [0.3, 0.4) is 0 Å². The molecule has 0 aliphatic heterocycles. The second kappa shape index (κ2) is 6.72. The number of sulfone groups is 1. The van der Waals surface area contributed by atoms with Gasteiger partial charge in [-0.2, -0.15) is 0 Å². The summed E-state index contributed by atoms with van der Waals surface area (Å²) in [5.41, 5.74) is 7.39. The summed E-state index contributed by atoms with van der Waals surface area (Å²) >= 11 is 6.09. The average Bonchev–Trinajstić information content (AvgIpc) is 3.20. The normalized spacial score (nSPS) is 25.8. The van der Waals surface area contributed by atoms with Crippen LogP contribution in [-0.4, -0.2) is 32.4 Å². The molecule has 1 aliphatic carbocycles. The van der Waals surface area contributed by atoms with Crippen LogP contribution in [0.4, 0.5) is 0 Å². The third-order valence-corrected chi connectivity index (χ3v) is 7.29. The first-order valence-corrected chi connectivity index (χ1v) is 10.2. The highest BCUT2D eigenvalue weighted by Crippen LogP contribution is 2.56. The lowest BCUT2D eigenvalue weighted by molar-refractivity contribution is 0.125. The fourth-order valence-corrected chi connectivity index (χ4v) is 5.89. The lowest BCUT2D eigenvalue weighted by Crippen LogP contribution is -2.36. The largest absolute Gasteiger partial charge is 0.380 e. The zero-order chi connectivity index (χ0) is 18.2. The van der Waals surface area contributed by atoms with E-state index in [9.17, 15) is 8.42 Å². The van der Waals surface area contributed by atoms with Gasteiger partial charge < -0.3 is 10.5 Å². The molecule has 6 heteroatoms. The van der Waals surface area contributed by atoms with E-state index in [-0.39, 0.29) is 12.5 Å². The number of benzene rings is 2. The van der Waals surface area contributed by atoms with Gasteiger partial charge in [0.15, 0.2) is 9.84 Å². The molecule has 2 aromatic rings. The fraction of sp³-hybridized carbons (Fsp3) is 0.368. The van der Waals surface area contributed by atoms with Gasteiger partial charge in [-0.1, -0.05) is 41.4 Å². The Kier molecular flexibility index (Phi) is 4.95. The molecule has 3 atom stereocenters. The quantitative estimate of drug-likeness (QED) is 0.835. The standard InChI is InChI=1S/C19H22ClNO3S/c1-3-24-12-19(21)17(14-5-4-6-15(20)11-14)18(19)25(22,23)16-9-7-13(2)8-10-16/h4-11,17-18H,3,12,21H2,1-2H3/t17-,18+,19-/m0/s1. The maximum absolute atomic E-state index is 13.2. The molecule has 134 valence electrons. The minimum absolute atomic E-state index is 0.191. The first kappa shape index (κ1) is 18.4. The van der Waals surface area contributed by atoms with Crippen LogP contribution in [0.1, 0.15) is 24.0 Å². The van der Waals surface area contributed by atoms with Crippen molar-refractivity contribution in [1.29, 1.82) is 0 Å². The van der Waals surface area contributed by atoms with Gasteiger partial charge in [-0.15, -0.1) is 0 Å². The highest BCUT2D eigenvalue weighted by Gasteiger charge is 2.69. The number of nitrogens with two attached hydrogens (primary N) is 1. The molecule has 25 heavy (non-hydrogen) atoms. The Morgan fingerprint density at radius 2 is 1.88 bits per heavy atom. The van der Waals surface area contributed by atoms with Gasteiger partial charge in [0.05, 0.1) is 22.3 Å². The Labute approximate surface area is 153 Å². The molecule has 3 rings (SSSR count). The number of ether oxygens (including phenoxy) is 1. The van der Waals surface area contributed by atoms with Gasteiger partial charge in [0.1, 0.15) is 0 Å². The molecule has 2 aromatic carbocycles. The summed E-state index contributed by atoms with van der Waals surface area (Å²) in [6.45, 7) is 4.46. The van der Waals surface area contributed by atoms with Crippen molar-refractivity contribution in [3.05, 3.63) is 64.7 Å². The topological polar surface area (TPSA) is 69.4 Å². The number of halogens is 1. The van der Waals surface area contributed by atoms with Gasteiger partial charge in [0, 0.05) is 17.5 Å². The minimum Gasteiger partial charge on any atom is -0.380 e. The number of hydrogen-bond donors (Lipinski definition) is 1. The van der Waals surface area contributed by atoms with Crippen LogP contribution < -0.4 is 5.73 Å². The highest BCUT2D eigenvalue weighted by atomic mass is 35.5. The van der Waals surface area contributed by atoms with Crippen LogP contribution in [0.15, 0.2) is 53.4 Å². The molecular formula is C19H22ClNO3S. The van der Waals surface area contributed by atoms with Crippen molar-refractivity contribution in [3.8, 4) is 0 Å². The summed E-state index contributed by atoms with van der Waals surface area (Å²) in [5.74, 6) is -0.343. The molecule has 1 fully saturated rings. The van der Waals surface area contributed by atoms with Crippen molar-refractivity contribution in [2.75, 3.05) is 13.2 Å². The number of aryl methyl sites for hydroxylation is 1. The summed E-state index contributed by atoms with van der Waals surface area (Å²) < 4.78 is 31.9. The molecule has 4 nitrogen and oxygen atoms in total. The van der Waals surface area contributed by atoms with Crippen LogP contribution in [0.2, 0.25) is 5.02 Å². The highest BCUT2D eigenvalue weighted by molar-refractivity contribution is 7.92. The van der Waals surface area contributed by atoms with Crippen molar-refractivity contribution < 1.29 is 13.2 Å². The third-order valence-electron chi connectivity index (χ3n) is 4.75. The second-order valence-electron chi connectivity index (χ2n) is 6.56. The van der Waals surface area contributed by atoms with E-state index in [1.54, 1.807) is 36.4 Å². The Hall–Kier alpha value is -1.40. The van der Waals surface area contributed by atoms with E-state index in [2.05, 4.69) is 0 Å². The fourth-order valence-electron chi connectivity index (χ4n) is 3.40. The van der Waals surface area contributed by atoms with Crippen LogP contribution in [0.5, 0.6) is 0 Å². The van der Waals surface area contributed by atoms with Crippen molar-refractivity contribution in [1.82, 2.24) is 0 Å². The Balaban J connectivity index is 2.01. The maximum Gasteiger partial charge on any atom is 0.183 e. The van der Waals surface area contributed by atoms with E-state index in [4.69, 9.17) is 22.1 Å². The summed E-state index contributed by atoms with van der Waals surface area (Å²) in [6.07, 6.45) is 0. The lowest BCUT2D eigenvalue weighted by Gasteiger charge is -2.12. The number of rotatable bonds is 6. The molecule has 0 heterocycles. The smallest absolute Gasteiger partial charge is 0.183 e. The Morgan fingerprint density at radius 1 is 1.20 bits per heavy atom. The third kappa shape index (κ3) is 3.34. The predicted octanol–water partition coefficient (Wildman–Crippen LogP) is 3.32. The van der Waals surface area contributed by atoms with E-state index in [1.165, 1.54) is 0 Å². The molecule has 1 aliphatic rings. The Morgan fingerprint density at radius 3 is 2.48 bits per heavy atom. The van der Waals surface area contributed by atoms with Crippen molar-refractivity contribution in [2.24, 2.45) is 5.73 Å². The first-order valence-electron chi connectivity index (χ1n) is 8.23. The van der Waals surface area contributed by atoms with Gasteiger partial charge >= 0.3 is 0 Å². The molecule has 0 bridgehead atoms. The summed E-state index contributed by atoms with van der Waals surface area (Å²) in [6, 6.07) is 14.1. The molecule has 0 radical (unpaired) electrons. The van der Waals surface area contributed by atoms with E-state index >= 15 is 0 Å². The van der Waals surface area contributed by atoms with Gasteiger partial charge in [0.2, 0.25) is 0 Å². The maximum atomic E-state index is 13.2. The average molecular weight is 380 g/mol. The van der Waals surface area contributed by atoms with Gasteiger partial charge in [0.25, 0.3) is 0 Å². The van der Waals surface area contributed by atoms with Gasteiger partial charge in [-0.3, -0.25) is 0 Å². The van der Waals surface area contributed by atoms with Crippen LogP contribution in [-0.2, 0) is 14.6 Å².